The molecular formula is C20H18F3N3O2. The Labute approximate surface area is 158 Å². The zero-order valence-electron chi connectivity index (χ0n) is 15.2. The van der Waals surface area contributed by atoms with Gasteiger partial charge in [-0.05, 0) is 49.1 Å². The number of benzene rings is 2. The Morgan fingerprint density at radius 3 is 2.64 bits per heavy atom. The smallest absolute Gasteiger partial charge is 0.322 e. The van der Waals surface area contributed by atoms with Crippen LogP contribution < -0.4 is 10.9 Å². The number of carbonyl (C=O) groups is 1. The van der Waals surface area contributed by atoms with E-state index in [-0.39, 0.29) is 17.6 Å². The van der Waals surface area contributed by atoms with E-state index in [9.17, 15) is 22.8 Å². The van der Waals surface area contributed by atoms with Gasteiger partial charge in [-0.3, -0.25) is 4.79 Å². The van der Waals surface area contributed by atoms with E-state index < -0.39 is 40.5 Å². The molecule has 3 rings (SSSR count). The average molecular weight is 389 g/mol. The van der Waals surface area contributed by atoms with Gasteiger partial charge in [0.25, 0.3) is 5.56 Å². The number of rotatable bonds is 4. The van der Waals surface area contributed by atoms with E-state index in [1.807, 2.05) is 0 Å². The maximum absolute atomic E-state index is 14.1. The van der Waals surface area contributed by atoms with E-state index in [2.05, 4.69) is 10.3 Å². The molecule has 1 aromatic heterocycles. The van der Waals surface area contributed by atoms with Gasteiger partial charge in [0.15, 0.2) is 11.6 Å². The molecule has 0 aliphatic carbocycles. The van der Waals surface area contributed by atoms with Gasteiger partial charge in [0, 0.05) is 18.4 Å². The Morgan fingerprint density at radius 1 is 1.21 bits per heavy atom. The summed E-state index contributed by atoms with van der Waals surface area (Å²) in [7, 11) is 0. The number of hydrogen-bond acceptors (Lipinski definition) is 2. The van der Waals surface area contributed by atoms with Gasteiger partial charge in [0.1, 0.15) is 5.82 Å². The van der Waals surface area contributed by atoms with Crippen molar-refractivity contribution in [1.82, 2.24) is 9.88 Å². The molecule has 28 heavy (non-hydrogen) atoms. The fraction of sp³-hybridized carbons (Fsp3) is 0.200. The number of aromatic amines is 1. The molecule has 0 aliphatic heterocycles. The van der Waals surface area contributed by atoms with Crippen LogP contribution in [0.3, 0.4) is 0 Å². The second-order valence-corrected chi connectivity index (χ2v) is 6.26. The van der Waals surface area contributed by atoms with Crippen molar-refractivity contribution in [3.05, 3.63) is 76.0 Å². The summed E-state index contributed by atoms with van der Waals surface area (Å²) in [5.74, 6) is -2.85. The third kappa shape index (κ3) is 3.58. The Balaban J connectivity index is 1.98. The summed E-state index contributed by atoms with van der Waals surface area (Å²) in [4.78, 5) is 28.5. The molecule has 1 heterocycles. The lowest BCUT2D eigenvalue weighted by atomic mass is 10.0. The lowest BCUT2D eigenvalue weighted by Crippen LogP contribution is -2.37. The first kappa shape index (κ1) is 19.5. The van der Waals surface area contributed by atoms with Crippen molar-refractivity contribution < 1.29 is 18.0 Å². The Morgan fingerprint density at radius 2 is 1.96 bits per heavy atom. The molecule has 2 amide bonds. The van der Waals surface area contributed by atoms with Crippen molar-refractivity contribution in [2.24, 2.45) is 0 Å². The number of fused-ring (bicyclic) bond motifs is 1. The highest BCUT2D eigenvalue weighted by molar-refractivity contribution is 5.91. The summed E-state index contributed by atoms with van der Waals surface area (Å²) in [5.41, 5.74) is -0.0185. The van der Waals surface area contributed by atoms with E-state index in [0.29, 0.717) is 5.56 Å². The van der Waals surface area contributed by atoms with Gasteiger partial charge < -0.3 is 15.2 Å². The van der Waals surface area contributed by atoms with Crippen LogP contribution in [-0.4, -0.2) is 22.5 Å². The molecule has 0 saturated carbocycles. The van der Waals surface area contributed by atoms with E-state index in [4.69, 9.17) is 0 Å². The minimum atomic E-state index is -1.24. The maximum atomic E-state index is 14.1. The SMILES string of the molecule is CCN(C(=O)Nc1cccc(F)c1)[C@H](C)c1c[nH]c(=O)c2c(F)c(F)ccc12. The molecule has 0 fully saturated rings. The number of pyridine rings is 1. The number of halogens is 3. The highest BCUT2D eigenvalue weighted by Crippen LogP contribution is 2.28. The van der Waals surface area contributed by atoms with Crippen LogP contribution in [-0.2, 0) is 0 Å². The first-order valence-electron chi connectivity index (χ1n) is 8.66. The van der Waals surface area contributed by atoms with Crippen LogP contribution in [0.1, 0.15) is 25.5 Å². The molecule has 8 heteroatoms. The summed E-state index contributed by atoms with van der Waals surface area (Å²) < 4.78 is 41.0. The third-order valence-corrected chi connectivity index (χ3v) is 4.59. The molecule has 2 N–H and O–H groups in total. The number of urea groups is 1. The number of aromatic nitrogens is 1. The molecule has 0 saturated heterocycles. The zero-order valence-corrected chi connectivity index (χ0v) is 15.2. The van der Waals surface area contributed by atoms with Crippen LogP contribution in [0, 0.1) is 17.5 Å². The fourth-order valence-electron chi connectivity index (χ4n) is 3.17. The first-order valence-corrected chi connectivity index (χ1v) is 8.66. The van der Waals surface area contributed by atoms with Gasteiger partial charge >= 0.3 is 6.03 Å². The van der Waals surface area contributed by atoms with E-state index in [1.165, 1.54) is 35.4 Å². The highest BCUT2D eigenvalue weighted by atomic mass is 19.2. The number of anilines is 1. The lowest BCUT2D eigenvalue weighted by molar-refractivity contribution is 0.197. The minimum absolute atomic E-state index is 0.215. The first-order chi connectivity index (χ1) is 13.3. The molecule has 3 aromatic rings. The van der Waals surface area contributed by atoms with Gasteiger partial charge in [-0.15, -0.1) is 0 Å². The average Bonchev–Trinajstić information content (AvgIpc) is 2.65. The molecular weight excluding hydrogens is 371 g/mol. The van der Waals surface area contributed by atoms with Gasteiger partial charge in [-0.1, -0.05) is 12.1 Å². The molecule has 1 atom stereocenters. The van der Waals surface area contributed by atoms with Gasteiger partial charge in [-0.25, -0.2) is 18.0 Å². The number of amides is 2. The van der Waals surface area contributed by atoms with Crippen LogP contribution in [0.25, 0.3) is 10.8 Å². The quantitative estimate of drug-likeness (QED) is 0.687. The van der Waals surface area contributed by atoms with Crippen molar-refractivity contribution >= 4 is 22.5 Å². The van der Waals surface area contributed by atoms with Crippen LogP contribution in [0.2, 0.25) is 0 Å². The van der Waals surface area contributed by atoms with Gasteiger partial charge in [-0.2, -0.15) is 0 Å². The molecule has 0 unspecified atom stereocenters. The fourth-order valence-corrected chi connectivity index (χ4v) is 3.17. The monoisotopic (exact) mass is 389 g/mol. The predicted octanol–water partition coefficient (Wildman–Crippen LogP) is 4.56. The molecule has 0 spiro atoms. The van der Waals surface area contributed by atoms with Crippen LogP contribution >= 0.6 is 0 Å². The summed E-state index contributed by atoms with van der Waals surface area (Å²) in [6.07, 6.45) is 1.38. The zero-order chi connectivity index (χ0) is 20.4. The van der Waals surface area contributed by atoms with E-state index >= 15 is 0 Å². The van der Waals surface area contributed by atoms with Crippen molar-refractivity contribution in [2.75, 3.05) is 11.9 Å². The summed E-state index contributed by atoms with van der Waals surface area (Å²) in [5, 5.41) is 2.42. The maximum Gasteiger partial charge on any atom is 0.322 e. The topological polar surface area (TPSA) is 65.2 Å². The van der Waals surface area contributed by atoms with E-state index in [0.717, 1.165) is 6.07 Å². The van der Waals surface area contributed by atoms with Crippen LogP contribution in [0.5, 0.6) is 0 Å². The van der Waals surface area contributed by atoms with Crippen LogP contribution in [0.4, 0.5) is 23.7 Å². The molecule has 0 bridgehead atoms. The number of nitrogens with one attached hydrogen (secondary N) is 2. The molecule has 0 aliphatic rings. The third-order valence-electron chi connectivity index (χ3n) is 4.59. The highest BCUT2D eigenvalue weighted by Gasteiger charge is 2.24. The van der Waals surface area contributed by atoms with E-state index in [1.54, 1.807) is 19.9 Å². The summed E-state index contributed by atoms with van der Waals surface area (Å²) in [6.45, 7) is 3.73. The van der Waals surface area contributed by atoms with Crippen molar-refractivity contribution in [1.29, 1.82) is 0 Å². The largest absolute Gasteiger partial charge is 0.328 e. The number of nitrogens with zero attached hydrogens (tertiary/aromatic N) is 1. The van der Waals surface area contributed by atoms with Crippen LogP contribution in [0.15, 0.2) is 47.4 Å². The molecule has 0 radical (unpaired) electrons. The minimum Gasteiger partial charge on any atom is -0.328 e. The van der Waals surface area contributed by atoms with Crippen molar-refractivity contribution in [2.45, 2.75) is 19.9 Å². The normalized spacial score (nSPS) is 12.0. The van der Waals surface area contributed by atoms with Gasteiger partial charge in [0.05, 0.1) is 11.4 Å². The molecule has 5 nitrogen and oxygen atoms in total. The Hall–Kier alpha value is -3.29. The predicted molar refractivity (Wildman–Crippen MR) is 101 cm³/mol. The van der Waals surface area contributed by atoms with Crippen molar-refractivity contribution in [3.8, 4) is 0 Å². The lowest BCUT2D eigenvalue weighted by Gasteiger charge is -2.29. The van der Waals surface area contributed by atoms with Gasteiger partial charge in [0.2, 0.25) is 0 Å². The Bertz CT molecular complexity index is 1100. The summed E-state index contributed by atoms with van der Waals surface area (Å²) >= 11 is 0. The second kappa shape index (κ2) is 7.75. The standard InChI is InChI=1S/C20H18F3N3O2/c1-3-26(20(28)25-13-6-4-5-12(21)9-13)11(2)15-10-24-19(27)17-14(15)7-8-16(22)18(17)23/h4-11H,3H2,1-2H3,(H,24,27)(H,25,28)/t11-/m1/s1. The molecule has 2 aromatic carbocycles. The summed E-state index contributed by atoms with van der Waals surface area (Å²) in [6, 6.07) is 6.64. The van der Waals surface area contributed by atoms with Crippen molar-refractivity contribution in [3.63, 3.8) is 0 Å². The second-order valence-electron chi connectivity index (χ2n) is 6.26. The number of carbonyl (C=O) groups excluding carboxylic acids is 1. The number of H-pyrrole nitrogens is 1. The Kier molecular flexibility index (Phi) is 5.39. The number of hydrogen-bond donors (Lipinski definition) is 2. The molecule has 146 valence electrons.